The van der Waals surface area contributed by atoms with Gasteiger partial charge in [0.05, 0.1) is 12.2 Å². The molecule has 0 N–H and O–H groups in total. The second kappa shape index (κ2) is 5.91. The van der Waals surface area contributed by atoms with Crippen LogP contribution in [0.3, 0.4) is 0 Å². The molecular formula is C17H22O3S. The van der Waals surface area contributed by atoms with Crippen molar-refractivity contribution >= 4 is 23.1 Å². The summed E-state index contributed by atoms with van der Waals surface area (Å²) in [6.07, 6.45) is 5.79. The van der Waals surface area contributed by atoms with E-state index in [4.69, 9.17) is 4.74 Å². The predicted octanol–water partition coefficient (Wildman–Crippen LogP) is 3.89. The molecule has 0 bridgehead atoms. The number of esters is 1. The fraction of sp³-hybridized carbons (Fsp3) is 0.647. The number of ketones is 1. The average molecular weight is 306 g/mol. The van der Waals surface area contributed by atoms with Crippen molar-refractivity contribution < 1.29 is 14.3 Å². The number of aryl methyl sites for hydroxylation is 1. The molecule has 3 rings (SSSR count). The van der Waals surface area contributed by atoms with Crippen LogP contribution in [0.5, 0.6) is 0 Å². The van der Waals surface area contributed by atoms with Crippen molar-refractivity contribution in [3.8, 4) is 0 Å². The molecule has 1 aromatic heterocycles. The van der Waals surface area contributed by atoms with Gasteiger partial charge in [-0.25, -0.2) is 4.79 Å². The molecule has 3 nitrogen and oxygen atoms in total. The predicted molar refractivity (Wildman–Crippen MR) is 83.1 cm³/mol. The van der Waals surface area contributed by atoms with Crippen LogP contribution in [0.2, 0.25) is 0 Å². The van der Waals surface area contributed by atoms with Gasteiger partial charge in [0.15, 0.2) is 0 Å². The van der Waals surface area contributed by atoms with E-state index >= 15 is 0 Å². The monoisotopic (exact) mass is 306 g/mol. The highest BCUT2D eigenvalue weighted by atomic mass is 32.1. The van der Waals surface area contributed by atoms with Crippen LogP contribution in [0.15, 0.2) is 0 Å². The van der Waals surface area contributed by atoms with E-state index in [0.717, 1.165) is 36.1 Å². The lowest BCUT2D eigenvalue weighted by Gasteiger charge is -2.19. The van der Waals surface area contributed by atoms with E-state index < -0.39 is 0 Å². The lowest BCUT2D eigenvalue weighted by atomic mass is 9.85. The number of Topliss-reactive ketones (excluding diaryl/α,β-unsaturated/α-hetero) is 1. The van der Waals surface area contributed by atoms with Crippen LogP contribution in [-0.4, -0.2) is 18.4 Å². The molecule has 1 aromatic rings. The Morgan fingerprint density at radius 1 is 1.29 bits per heavy atom. The second-order valence-corrected chi connectivity index (χ2v) is 7.36. The van der Waals surface area contributed by atoms with Crippen molar-refractivity contribution in [1.29, 1.82) is 0 Å². The lowest BCUT2D eigenvalue weighted by Crippen LogP contribution is -2.14. The van der Waals surface area contributed by atoms with Gasteiger partial charge in [0.25, 0.3) is 0 Å². The van der Waals surface area contributed by atoms with Crippen molar-refractivity contribution in [1.82, 2.24) is 0 Å². The Bertz CT molecular complexity index is 569. The van der Waals surface area contributed by atoms with E-state index in [9.17, 15) is 9.59 Å². The smallest absolute Gasteiger partial charge is 0.339 e. The van der Waals surface area contributed by atoms with E-state index in [1.807, 2.05) is 6.92 Å². The van der Waals surface area contributed by atoms with Gasteiger partial charge in [0, 0.05) is 22.1 Å². The van der Waals surface area contributed by atoms with Crippen LogP contribution in [0.25, 0.3) is 0 Å². The number of thiophene rings is 1. The minimum absolute atomic E-state index is 0.234. The van der Waals surface area contributed by atoms with E-state index in [-0.39, 0.29) is 11.9 Å². The number of fused-ring (bicyclic) bond motifs is 1. The maximum absolute atomic E-state index is 12.4. The van der Waals surface area contributed by atoms with Gasteiger partial charge in [0.1, 0.15) is 5.78 Å². The second-order valence-electron chi connectivity index (χ2n) is 6.17. The highest BCUT2D eigenvalue weighted by Gasteiger charge is 2.34. The first-order chi connectivity index (χ1) is 10.1. The summed E-state index contributed by atoms with van der Waals surface area (Å²) in [6, 6.07) is 0. The summed E-state index contributed by atoms with van der Waals surface area (Å²) in [6.45, 7) is 4.39. The maximum atomic E-state index is 12.4. The highest BCUT2D eigenvalue weighted by Crippen LogP contribution is 2.42. The Kier molecular flexibility index (Phi) is 4.16. The van der Waals surface area contributed by atoms with Crippen LogP contribution in [0, 0.1) is 5.92 Å². The van der Waals surface area contributed by atoms with Gasteiger partial charge < -0.3 is 4.74 Å². The molecule has 1 fully saturated rings. The molecule has 2 aliphatic carbocycles. The topological polar surface area (TPSA) is 43.4 Å². The molecule has 0 radical (unpaired) electrons. The molecule has 2 aliphatic rings. The number of rotatable bonds is 5. The van der Waals surface area contributed by atoms with Crippen LogP contribution in [0.1, 0.15) is 71.1 Å². The first-order valence-electron chi connectivity index (χ1n) is 7.96. The Morgan fingerprint density at radius 3 is 2.71 bits per heavy atom. The van der Waals surface area contributed by atoms with Gasteiger partial charge >= 0.3 is 5.97 Å². The maximum Gasteiger partial charge on any atom is 0.339 e. The number of hydrogen-bond donors (Lipinski definition) is 0. The molecule has 1 atom stereocenters. The van der Waals surface area contributed by atoms with Crippen molar-refractivity contribution in [3.05, 3.63) is 20.9 Å². The molecule has 4 heteroatoms. The third-order valence-corrected chi connectivity index (χ3v) is 5.74. The minimum Gasteiger partial charge on any atom is -0.462 e. The molecule has 21 heavy (non-hydrogen) atoms. The molecule has 1 heterocycles. The molecule has 0 saturated heterocycles. The summed E-state index contributed by atoms with van der Waals surface area (Å²) >= 11 is 1.67. The number of carbonyl (C=O) groups excluding carboxylic acids is 2. The summed E-state index contributed by atoms with van der Waals surface area (Å²) in [5.41, 5.74) is 1.89. The third kappa shape index (κ3) is 2.91. The summed E-state index contributed by atoms with van der Waals surface area (Å²) < 4.78 is 5.26. The molecule has 0 amide bonds. The zero-order valence-electron chi connectivity index (χ0n) is 12.7. The van der Waals surface area contributed by atoms with E-state index in [1.165, 1.54) is 16.9 Å². The standard InChI is InChI=1S/C17H22O3S/c1-3-20-17(19)16-14(9-12(18)11-7-8-11)21-13-6-4-5-10(2)15(13)16/h10-11H,3-9H2,1-2H3. The minimum atomic E-state index is -0.234. The van der Waals surface area contributed by atoms with Crippen LogP contribution in [0.4, 0.5) is 0 Å². The molecule has 0 aromatic carbocycles. The quantitative estimate of drug-likeness (QED) is 0.775. The van der Waals surface area contributed by atoms with Gasteiger partial charge in [0.2, 0.25) is 0 Å². The first-order valence-corrected chi connectivity index (χ1v) is 8.77. The summed E-state index contributed by atoms with van der Waals surface area (Å²) in [5.74, 6) is 0.708. The Labute approximate surface area is 129 Å². The highest BCUT2D eigenvalue weighted by molar-refractivity contribution is 7.12. The number of ether oxygens (including phenoxy) is 1. The van der Waals surface area contributed by atoms with Gasteiger partial charge in [-0.15, -0.1) is 11.3 Å². The normalized spacial score (nSPS) is 21.0. The fourth-order valence-electron chi connectivity index (χ4n) is 3.22. The third-order valence-electron chi connectivity index (χ3n) is 4.48. The summed E-state index contributed by atoms with van der Waals surface area (Å²) in [5, 5.41) is 0. The fourth-order valence-corrected chi connectivity index (χ4v) is 4.69. The van der Waals surface area contributed by atoms with Crippen LogP contribution < -0.4 is 0 Å². The van der Waals surface area contributed by atoms with Gasteiger partial charge in [-0.2, -0.15) is 0 Å². The zero-order valence-corrected chi connectivity index (χ0v) is 13.6. The Hall–Kier alpha value is -1.16. The van der Waals surface area contributed by atoms with Crippen LogP contribution >= 0.6 is 11.3 Å². The molecular weight excluding hydrogens is 284 g/mol. The molecule has 114 valence electrons. The van der Waals surface area contributed by atoms with Crippen LogP contribution in [-0.2, 0) is 22.4 Å². The average Bonchev–Trinajstić information content (AvgIpc) is 3.22. The van der Waals surface area contributed by atoms with Crippen molar-refractivity contribution in [2.24, 2.45) is 5.92 Å². The van der Waals surface area contributed by atoms with Gasteiger partial charge in [-0.1, -0.05) is 6.92 Å². The van der Waals surface area contributed by atoms with E-state index in [0.29, 0.717) is 24.7 Å². The first kappa shape index (κ1) is 14.8. The largest absolute Gasteiger partial charge is 0.462 e. The van der Waals surface area contributed by atoms with Crippen molar-refractivity contribution in [3.63, 3.8) is 0 Å². The number of hydrogen-bond acceptors (Lipinski definition) is 4. The Morgan fingerprint density at radius 2 is 2.05 bits per heavy atom. The van der Waals surface area contributed by atoms with Crippen molar-refractivity contribution in [2.75, 3.05) is 6.61 Å². The molecule has 0 spiro atoms. The summed E-state index contributed by atoms with van der Waals surface area (Å²) in [4.78, 5) is 26.8. The molecule has 0 aliphatic heterocycles. The lowest BCUT2D eigenvalue weighted by molar-refractivity contribution is -0.119. The zero-order chi connectivity index (χ0) is 15.0. The summed E-state index contributed by atoms with van der Waals surface area (Å²) in [7, 11) is 0. The SMILES string of the molecule is CCOC(=O)c1c(CC(=O)C2CC2)sc2c1C(C)CCC2. The van der Waals surface area contributed by atoms with E-state index in [1.54, 1.807) is 11.3 Å². The number of carbonyl (C=O) groups is 2. The molecule has 1 unspecified atom stereocenters. The Balaban J connectivity index is 1.97. The van der Waals surface area contributed by atoms with Crippen molar-refractivity contribution in [2.45, 2.75) is 58.3 Å². The van der Waals surface area contributed by atoms with E-state index in [2.05, 4.69) is 6.92 Å². The van der Waals surface area contributed by atoms with Gasteiger partial charge in [-0.3, -0.25) is 4.79 Å². The van der Waals surface area contributed by atoms with Gasteiger partial charge in [-0.05, 0) is 50.5 Å². The molecule has 1 saturated carbocycles.